The van der Waals surface area contributed by atoms with Crippen molar-refractivity contribution in [3.63, 3.8) is 0 Å². The first-order valence-electron chi connectivity index (χ1n) is 11.1. The fourth-order valence-electron chi connectivity index (χ4n) is 3.37. The molecule has 0 aliphatic rings. The number of nitrogens with one attached hydrogen (secondary N) is 2. The first-order chi connectivity index (χ1) is 17.7. The van der Waals surface area contributed by atoms with Gasteiger partial charge in [0, 0.05) is 10.9 Å². The van der Waals surface area contributed by atoms with Gasteiger partial charge < -0.3 is 25.5 Å². The average molecular weight is 513 g/mol. The molecule has 1 heterocycles. The minimum Gasteiger partial charge on any atom is -0.492 e. The van der Waals surface area contributed by atoms with Gasteiger partial charge >= 0.3 is 6.36 Å². The van der Waals surface area contributed by atoms with Gasteiger partial charge in [-0.3, -0.25) is 14.3 Å². The van der Waals surface area contributed by atoms with Gasteiger partial charge in [0.1, 0.15) is 17.9 Å². The third kappa shape index (κ3) is 7.01. The molecule has 0 unspecified atom stereocenters. The summed E-state index contributed by atoms with van der Waals surface area (Å²) in [5.74, 6) is -0.302. The van der Waals surface area contributed by atoms with Crippen LogP contribution in [0.1, 0.15) is 26.5 Å². The molecule has 4 N–H and O–H groups in total. The average Bonchev–Trinajstić information content (AvgIpc) is 3.30. The Morgan fingerprint density at radius 3 is 2.43 bits per heavy atom. The van der Waals surface area contributed by atoms with E-state index in [4.69, 9.17) is 14.9 Å². The van der Waals surface area contributed by atoms with Crippen LogP contribution in [0.4, 0.5) is 24.5 Å². The second-order valence-corrected chi connectivity index (χ2v) is 7.89. The molecule has 0 bridgehead atoms. The van der Waals surface area contributed by atoms with E-state index < -0.39 is 18.9 Å². The number of carbonyl (C=O) groups is 2. The number of amides is 2. The molecular weight excluding hydrogens is 491 g/mol. The largest absolute Gasteiger partial charge is 0.522 e. The number of anilines is 2. The van der Waals surface area contributed by atoms with Crippen LogP contribution in [0.3, 0.4) is 0 Å². The molecule has 11 heteroatoms. The Kier molecular flexibility index (Phi) is 7.63. The Labute approximate surface area is 209 Å². The minimum absolute atomic E-state index is 0.0123. The summed E-state index contributed by atoms with van der Waals surface area (Å²) in [6.45, 7) is -0.348. The third-order valence-electron chi connectivity index (χ3n) is 5.19. The highest BCUT2D eigenvalue weighted by Gasteiger charge is 2.29. The Morgan fingerprint density at radius 1 is 0.946 bits per heavy atom. The zero-order valence-electron chi connectivity index (χ0n) is 19.3. The van der Waals surface area contributed by atoms with Gasteiger partial charge in [0.05, 0.1) is 24.5 Å². The Bertz CT molecular complexity index is 1400. The van der Waals surface area contributed by atoms with Crippen molar-refractivity contribution >= 4 is 34.2 Å². The monoisotopic (exact) mass is 513 g/mol. The maximum absolute atomic E-state index is 12.4. The number of halogens is 3. The highest BCUT2D eigenvalue weighted by molar-refractivity contribution is 6.05. The number of hydrogen-bond donors (Lipinski definition) is 3. The van der Waals surface area contributed by atoms with Gasteiger partial charge in [0.2, 0.25) is 0 Å². The molecule has 8 nitrogen and oxygen atoms in total. The van der Waals surface area contributed by atoms with E-state index in [0.717, 1.165) is 0 Å². The molecule has 37 heavy (non-hydrogen) atoms. The molecule has 0 aliphatic carbocycles. The van der Waals surface area contributed by atoms with Crippen LogP contribution in [0.25, 0.3) is 11.0 Å². The lowest BCUT2D eigenvalue weighted by atomic mass is 10.2. The second kappa shape index (κ2) is 11.0. The van der Waals surface area contributed by atoms with Crippen molar-refractivity contribution in [2.75, 3.05) is 24.2 Å². The van der Waals surface area contributed by atoms with Crippen LogP contribution in [0.15, 0.2) is 77.2 Å². The lowest BCUT2D eigenvalue weighted by Crippen LogP contribution is -2.27. The van der Waals surface area contributed by atoms with E-state index in [1.807, 2.05) is 0 Å². The van der Waals surface area contributed by atoms with Gasteiger partial charge in [-0.2, -0.15) is 0 Å². The summed E-state index contributed by atoms with van der Waals surface area (Å²) < 4.78 is 51.5. The smallest absolute Gasteiger partial charge is 0.492 e. The van der Waals surface area contributed by atoms with Gasteiger partial charge in [0.15, 0.2) is 5.76 Å². The molecule has 0 spiro atoms. The lowest BCUT2D eigenvalue weighted by molar-refractivity contribution is -0.330. The summed E-state index contributed by atoms with van der Waals surface area (Å²) in [7, 11) is 0. The van der Waals surface area contributed by atoms with E-state index in [0.29, 0.717) is 28.1 Å². The van der Waals surface area contributed by atoms with Crippen molar-refractivity contribution in [2.24, 2.45) is 0 Å². The van der Waals surface area contributed by atoms with Crippen molar-refractivity contribution < 1.29 is 36.7 Å². The van der Waals surface area contributed by atoms with Crippen LogP contribution in [-0.4, -0.2) is 31.3 Å². The number of alkyl halides is 3. The SMILES string of the molecule is Nc1ccccc1NC(=O)c1ccc(OCCNC(=O)c2cc3ccc(COC(F)(F)F)cc3o2)cc1. The normalized spacial score (nSPS) is 11.3. The first kappa shape index (κ1) is 25.6. The number of carbonyl (C=O) groups excluding carboxylic acids is 2. The molecule has 0 fully saturated rings. The molecule has 0 atom stereocenters. The molecule has 1 aromatic heterocycles. The number of nitrogen functional groups attached to an aromatic ring is 1. The highest BCUT2D eigenvalue weighted by Crippen LogP contribution is 2.24. The van der Waals surface area contributed by atoms with Crippen LogP contribution in [0.5, 0.6) is 5.75 Å². The van der Waals surface area contributed by atoms with Crippen LogP contribution >= 0.6 is 0 Å². The number of benzene rings is 3. The Hall–Kier alpha value is -4.51. The van der Waals surface area contributed by atoms with Crippen molar-refractivity contribution in [1.82, 2.24) is 5.32 Å². The summed E-state index contributed by atoms with van der Waals surface area (Å²) in [5, 5.41) is 5.95. The zero-order valence-corrected chi connectivity index (χ0v) is 19.3. The second-order valence-electron chi connectivity index (χ2n) is 7.89. The Morgan fingerprint density at radius 2 is 1.70 bits per heavy atom. The van der Waals surface area contributed by atoms with Crippen LogP contribution < -0.4 is 21.1 Å². The maximum atomic E-state index is 12.4. The van der Waals surface area contributed by atoms with Crippen molar-refractivity contribution in [3.8, 4) is 5.75 Å². The van der Waals surface area contributed by atoms with Crippen molar-refractivity contribution in [2.45, 2.75) is 13.0 Å². The van der Waals surface area contributed by atoms with Gasteiger partial charge in [-0.25, -0.2) is 0 Å². The van der Waals surface area contributed by atoms with Crippen molar-refractivity contribution in [1.29, 1.82) is 0 Å². The number of rotatable bonds is 9. The summed E-state index contributed by atoms with van der Waals surface area (Å²) in [5.41, 5.74) is 7.76. The molecule has 3 aromatic carbocycles. The molecule has 0 saturated carbocycles. The fourth-order valence-corrected chi connectivity index (χ4v) is 3.37. The Balaban J connectivity index is 1.24. The predicted octanol–water partition coefficient (Wildman–Crippen LogP) is 5.11. The summed E-state index contributed by atoms with van der Waals surface area (Å²) in [4.78, 5) is 24.8. The van der Waals surface area contributed by atoms with E-state index in [9.17, 15) is 22.8 Å². The molecule has 192 valence electrons. The number of fused-ring (bicyclic) bond motifs is 1. The standard InChI is InChI=1S/C26H22F3N3O5/c27-26(28,29)36-15-16-5-6-18-14-23(37-22(18)13-16)25(34)31-11-12-35-19-9-7-17(8-10-19)24(33)32-21-4-2-1-3-20(21)30/h1-10,13-14H,11-12,15,30H2,(H,31,34)(H,32,33). The summed E-state index contributed by atoms with van der Waals surface area (Å²) in [6.07, 6.45) is -4.74. The predicted molar refractivity (Wildman–Crippen MR) is 130 cm³/mol. The number of para-hydroxylation sites is 2. The van der Waals surface area contributed by atoms with Gasteiger partial charge in [0.25, 0.3) is 11.8 Å². The number of nitrogens with two attached hydrogens (primary N) is 1. The quantitative estimate of drug-likeness (QED) is 0.212. The minimum atomic E-state index is -4.74. The molecule has 0 aliphatic heterocycles. The summed E-state index contributed by atoms with van der Waals surface area (Å²) >= 11 is 0. The van der Waals surface area contributed by atoms with Crippen molar-refractivity contribution in [3.05, 3.63) is 89.7 Å². The first-order valence-corrected chi connectivity index (χ1v) is 11.1. The lowest BCUT2D eigenvalue weighted by Gasteiger charge is -2.09. The van der Waals surface area contributed by atoms with Crippen LogP contribution in [0, 0.1) is 0 Å². The van der Waals surface area contributed by atoms with Gasteiger partial charge in [-0.1, -0.05) is 24.3 Å². The molecule has 4 aromatic rings. The van der Waals surface area contributed by atoms with Crippen LogP contribution in [-0.2, 0) is 11.3 Å². The number of ether oxygens (including phenoxy) is 2. The highest BCUT2D eigenvalue weighted by atomic mass is 19.4. The van der Waals surface area contributed by atoms with E-state index >= 15 is 0 Å². The van der Waals surface area contributed by atoms with E-state index in [2.05, 4.69) is 15.4 Å². The van der Waals surface area contributed by atoms with E-state index in [1.165, 1.54) is 18.2 Å². The van der Waals surface area contributed by atoms with Gasteiger partial charge in [-0.05, 0) is 54.1 Å². The topological polar surface area (TPSA) is 116 Å². The molecule has 2 amide bonds. The van der Waals surface area contributed by atoms with E-state index in [-0.39, 0.29) is 36.0 Å². The number of furan rings is 1. The summed E-state index contributed by atoms with van der Waals surface area (Å²) in [6, 6.07) is 19.3. The fraction of sp³-hybridized carbons (Fsp3) is 0.154. The molecule has 0 saturated heterocycles. The molecule has 0 radical (unpaired) electrons. The molecule has 4 rings (SSSR count). The van der Waals surface area contributed by atoms with Gasteiger partial charge in [-0.15, -0.1) is 13.2 Å². The third-order valence-corrected chi connectivity index (χ3v) is 5.19. The van der Waals surface area contributed by atoms with Crippen LogP contribution in [0.2, 0.25) is 0 Å². The zero-order chi connectivity index (χ0) is 26.4. The maximum Gasteiger partial charge on any atom is 0.522 e. The molecular formula is C26H22F3N3O5. The number of hydrogen-bond acceptors (Lipinski definition) is 6. The van der Waals surface area contributed by atoms with E-state index in [1.54, 1.807) is 54.6 Å².